The van der Waals surface area contributed by atoms with E-state index in [2.05, 4.69) is 0 Å². The van der Waals surface area contributed by atoms with E-state index in [1.54, 1.807) is 11.8 Å². The molecule has 1 rings (SSSR count). The van der Waals surface area contributed by atoms with E-state index >= 15 is 0 Å². The van der Waals surface area contributed by atoms with Crippen LogP contribution in [0.2, 0.25) is 0 Å². The highest BCUT2D eigenvalue weighted by Crippen LogP contribution is 2.33. The summed E-state index contributed by atoms with van der Waals surface area (Å²) in [5.74, 6) is 3.86. The maximum Gasteiger partial charge on any atom is 0.151 e. The largest absolute Gasteiger partial charge is 0.379 e. The van der Waals surface area contributed by atoms with Gasteiger partial charge in [0.15, 0.2) is 5.17 Å². The Bertz CT molecular complexity index is 245. The molecule has 0 saturated heterocycles. The summed E-state index contributed by atoms with van der Waals surface area (Å²) in [6.45, 7) is 1.87. The first kappa shape index (κ1) is 15.9. The number of hydrogen-bond acceptors (Lipinski definition) is 4. The van der Waals surface area contributed by atoms with Crippen molar-refractivity contribution in [3.8, 4) is 0 Å². The van der Waals surface area contributed by atoms with Crippen molar-refractivity contribution in [2.75, 3.05) is 11.5 Å². The Kier molecular flexibility index (Phi) is 7.82. The third-order valence-electron chi connectivity index (χ3n) is 3.59. The zero-order chi connectivity index (χ0) is 13.4. The lowest BCUT2D eigenvalue weighted by atomic mass is 9.80. The van der Waals surface area contributed by atoms with Crippen molar-refractivity contribution in [1.29, 1.82) is 10.8 Å². The molecule has 1 aliphatic rings. The highest BCUT2D eigenvalue weighted by molar-refractivity contribution is 8.13. The van der Waals surface area contributed by atoms with Gasteiger partial charge < -0.3 is 5.73 Å². The normalized spacial score (nSPS) is 23.8. The first-order chi connectivity index (χ1) is 8.58. The molecule has 0 atom stereocenters. The third-order valence-corrected chi connectivity index (χ3v) is 5.22. The van der Waals surface area contributed by atoms with Crippen molar-refractivity contribution >= 4 is 33.7 Å². The SMILES string of the molecule is CC(=N)SCC[C@H]1CC[C@H](CCSC(=N)N)CC1. The second-order valence-electron chi connectivity index (χ2n) is 5.08. The van der Waals surface area contributed by atoms with Gasteiger partial charge in [0.05, 0.1) is 5.04 Å². The molecule has 1 aliphatic carbocycles. The van der Waals surface area contributed by atoms with Gasteiger partial charge in [-0.3, -0.25) is 10.8 Å². The lowest BCUT2D eigenvalue weighted by Gasteiger charge is -2.28. The molecular weight excluding hydrogens is 262 g/mol. The van der Waals surface area contributed by atoms with Crippen LogP contribution in [0.4, 0.5) is 0 Å². The summed E-state index contributed by atoms with van der Waals surface area (Å²) in [5.41, 5.74) is 5.34. The second-order valence-corrected chi connectivity index (χ2v) is 7.53. The quantitative estimate of drug-likeness (QED) is 0.512. The summed E-state index contributed by atoms with van der Waals surface area (Å²) in [6.07, 6.45) is 7.88. The van der Waals surface area contributed by atoms with Crippen LogP contribution in [-0.2, 0) is 0 Å². The van der Waals surface area contributed by atoms with Crippen LogP contribution in [0, 0.1) is 22.7 Å². The molecule has 0 aromatic carbocycles. The van der Waals surface area contributed by atoms with Crippen LogP contribution in [-0.4, -0.2) is 21.7 Å². The second kappa shape index (κ2) is 8.86. The van der Waals surface area contributed by atoms with Crippen LogP contribution < -0.4 is 5.73 Å². The van der Waals surface area contributed by atoms with Crippen LogP contribution >= 0.6 is 23.5 Å². The standard InChI is InChI=1S/C13H25N3S2/c1-10(14)17-8-6-11-2-4-12(5-3-11)7-9-18-13(15)16/h11-12,14H,2-9H2,1H3,(H3,15,16)/t11-,12-. The van der Waals surface area contributed by atoms with Crippen molar-refractivity contribution in [1.82, 2.24) is 0 Å². The van der Waals surface area contributed by atoms with Crippen LogP contribution in [0.3, 0.4) is 0 Å². The number of rotatable bonds is 6. The van der Waals surface area contributed by atoms with Crippen LogP contribution in [0.5, 0.6) is 0 Å². The van der Waals surface area contributed by atoms with E-state index < -0.39 is 0 Å². The molecule has 0 amide bonds. The van der Waals surface area contributed by atoms with Gasteiger partial charge >= 0.3 is 0 Å². The summed E-state index contributed by atoms with van der Waals surface area (Å²) >= 11 is 3.16. The molecule has 0 aliphatic heterocycles. The predicted molar refractivity (Wildman–Crippen MR) is 84.9 cm³/mol. The monoisotopic (exact) mass is 287 g/mol. The molecule has 0 aromatic rings. The molecule has 0 aromatic heterocycles. The summed E-state index contributed by atoms with van der Waals surface area (Å²) in [4.78, 5) is 0. The van der Waals surface area contributed by atoms with Gasteiger partial charge in [0.25, 0.3) is 0 Å². The summed E-state index contributed by atoms with van der Waals surface area (Å²) in [7, 11) is 0. The van der Waals surface area contributed by atoms with Crippen LogP contribution in [0.15, 0.2) is 0 Å². The van der Waals surface area contributed by atoms with Crippen molar-refractivity contribution in [3.63, 3.8) is 0 Å². The maximum atomic E-state index is 7.39. The van der Waals surface area contributed by atoms with E-state index in [0.29, 0.717) is 0 Å². The fraction of sp³-hybridized carbons (Fsp3) is 0.846. The average Bonchev–Trinajstić information content (AvgIpc) is 2.30. The molecule has 4 N–H and O–H groups in total. The number of amidine groups is 1. The van der Waals surface area contributed by atoms with Crippen molar-refractivity contribution < 1.29 is 0 Å². The van der Waals surface area contributed by atoms with Gasteiger partial charge in [0.2, 0.25) is 0 Å². The Labute approximate surface area is 119 Å². The number of nitrogens with one attached hydrogen (secondary N) is 2. The smallest absolute Gasteiger partial charge is 0.151 e. The zero-order valence-corrected chi connectivity index (χ0v) is 12.8. The topological polar surface area (TPSA) is 73.7 Å². The van der Waals surface area contributed by atoms with Gasteiger partial charge in [0.1, 0.15) is 0 Å². The van der Waals surface area contributed by atoms with Gasteiger partial charge in [-0.2, -0.15) is 0 Å². The van der Waals surface area contributed by atoms with Gasteiger partial charge in [-0.25, -0.2) is 0 Å². The Balaban J connectivity index is 2.05. The highest BCUT2D eigenvalue weighted by atomic mass is 32.2. The lowest BCUT2D eigenvalue weighted by molar-refractivity contribution is 0.266. The van der Waals surface area contributed by atoms with E-state index in [0.717, 1.165) is 28.4 Å². The Morgan fingerprint density at radius 2 is 1.44 bits per heavy atom. The molecule has 1 saturated carbocycles. The minimum atomic E-state index is 0.253. The fourth-order valence-electron chi connectivity index (χ4n) is 2.52. The van der Waals surface area contributed by atoms with Crippen molar-refractivity contribution in [3.05, 3.63) is 0 Å². The number of hydrogen-bond donors (Lipinski definition) is 3. The Morgan fingerprint density at radius 3 is 1.83 bits per heavy atom. The van der Waals surface area contributed by atoms with E-state index in [9.17, 15) is 0 Å². The molecule has 0 heterocycles. The molecule has 3 nitrogen and oxygen atoms in total. The first-order valence-corrected chi connectivity index (χ1v) is 8.69. The first-order valence-electron chi connectivity index (χ1n) is 6.72. The molecule has 0 unspecified atom stereocenters. The molecular formula is C13H25N3S2. The number of thioether (sulfide) groups is 2. The average molecular weight is 287 g/mol. The van der Waals surface area contributed by atoms with Crippen LogP contribution in [0.1, 0.15) is 45.4 Å². The molecule has 104 valence electrons. The van der Waals surface area contributed by atoms with E-state index in [-0.39, 0.29) is 5.17 Å². The van der Waals surface area contributed by atoms with Crippen molar-refractivity contribution in [2.45, 2.75) is 45.4 Å². The lowest BCUT2D eigenvalue weighted by Crippen LogP contribution is -2.16. The molecule has 0 bridgehead atoms. The predicted octanol–water partition coefficient (Wildman–Crippen LogP) is 3.93. The van der Waals surface area contributed by atoms with Gasteiger partial charge in [-0.15, -0.1) is 11.8 Å². The maximum absolute atomic E-state index is 7.39. The fourth-order valence-corrected chi connectivity index (χ4v) is 3.95. The Hall–Kier alpha value is -0.160. The summed E-state index contributed by atoms with van der Waals surface area (Å²) in [5, 5.41) is 15.6. The zero-order valence-electron chi connectivity index (χ0n) is 11.2. The minimum Gasteiger partial charge on any atom is -0.379 e. The van der Waals surface area contributed by atoms with Gasteiger partial charge in [-0.05, 0) is 37.4 Å². The van der Waals surface area contributed by atoms with E-state index in [1.165, 1.54) is 50.3 Å². The molecule has 0 spiro atoms. The number of nitrogens with two attached hydrogens (primary N) is 1. The van der Waals surface area contributed by atoms with E-state index in [4.69, 9.17) is 16.6 Å². The van der Waals surface area contributed by atoms with Gasteiger partial charge in [-0.1, -0.05) is 37.4 Å². The molecule has 1 fully saturated rings. The van der Waals surface area contributed by atoms with Gasteiger partial charge in [0, 0.05) is 5.75 Å². The van der Waals surface area contributed by atoms with Crippen LogP contribution in [0.25, 0.3) is 0 Å². The summed E-state index contributed by atoms with van der Waals surface area (Å²) in [6, 6.07) is 0. The third kappa shape index (κ3) is 7.31. The molecule has 18 heavy (non-hydrogen) atoms. The molecule has 0 radical (unpaired) electrons. The van der Waals surface area contributed by atoms with Crippen molar-refractivity contribution in [2.24, 2.45) is 17.6 Å². The highest BCUT2D eigenvalue weighted by Gasteiger charge is 2.20. The molecule has 5 heteroatoms. The summed E-state index contributed by atoms with van der Waals surface area (Å²) < 4.78 is 0. The van der Waals surface area contributed by atoms with E-state index in [1.807, 2.05) is 6.92 Å². The Morgan fingerprint density at radius 1 is 1.00 bits per heavy atom. The minimum absolute atomic E-state index is 0.253.